The van der Waals surface area contributed by atoms with Gasteiger partial charge in [0, 0.05) is 18.3 Å². The molecule has 0 atom stereocenters. The zero-order chi connectivity index (χ0) is 21.0. The lowest BCUT2D eigenvalue weighted by atomic mass is 10.0. The first-order chi connectivity index (χ1) is 13.8. The van der Waals surface area contributed by atoms with Gasteiger partial charge in [-0.2, -0.15) is 13.2 Å². The number of anilines is 1. The molecule has 1 aromatic heterocycles. The molecule has 2 aromatic carbocycles. The number of aromatic carboxylic acids is 1. The zero-order valence-corrected chi connectivity index (χ0v) is 15.3. The van der Waals surface area contributed by atoms with Crippen molar-refractivity contribution in [3.05, 3.63) is 77.5 Å². The molecule has 0 saturated carbocycles. The van der Waals surface area contributed by atoms with Crippen LogP contribution in [0.1, 0.15) is 21.5 Å². The van der Waals surface area contributed by atoms with E-state index in [1.165, 1.54) is 31.5 Å². The summed E-state index contributed by atoms with van der Waals surface area (Å²) in [6.45, 7) is -0.0340. The minimum absolute atomic E-state index is 0.0240. The van der Waals surface area contributed by atoms with Gasteiger partial charge in [0.2, 0.25) is 0 Å². The molecular formula is C21H17F3N2O3. The van der Waals surface area contributed by atoms with Gasteiger partial charge < -0.3 is 15.2 Å². The molecule has 150 valence electrons. The third-order valence-electron chi connectivity index (χ3n) is 4.31. The first-order valence-corrected chi connectivity index (χ1v) is 8.56. The number of halogens is 3. The number of methoxy groups -OCH3 is 1. The Hall–Kier alpha value is -3.55. The van der Waals surface area contributed by atoms with Crippen LogP contribution in [0.15, 0.2) is 60.8 Å². The quantitative estimate of drug-likeness (QED) is 0.601. The number of alkyl halides is 3. The van der Waals surface area contributed by atoms with E-state index in [9.17, 15) is 23.1 Å². The van der Waals surface area contributed by atoms with Crippen LogP contribution in [0.3, 0.4) is 0 Å². The fraction of sp³-hybridized carbons (Fsp3) is 0.143. The van der Waals surface area contributed by atoms with Crippen LogP contribution >= 0.6 is 0 Å². The molecule has 2 N–H and O–H groups in total. The number of nitrogens with zero attached hydrogens (tertiary/aromatic N) is 1. The van der Waals surface area contributed by atoms with E-state index >= 15 is 0 Å². The van der Waals surface area contributed by atoms with Gasteiger partial charge in [0.25, 0.3) is 0 Å². The van der Waals surface area contributed by atoms with E-state index in [4.69, 9.17) is 4.74 Å². The molecule has 0 bridgehead atoms. The van der Waals surface area contributed by atoms with Gasteiger partial charge in [-0.1, -0.05) is 24.3 Å². The second kappa shape index (κ2) is 8.22. The number of benzene rings is 2. The van der Waals surface area contributed by atoms with Gasteiger partial charge in [0.1, 0.15) is 17.1 Å². The van der Waals surface area contributed by atoms with Crippen LogP contribution in [0.2, 0.25) is 0 Å². The van der Waals surface area contributed by atoms with Crippen molar-refractivity contribution < 1.29 is 27.8 Å². The lowest BCUT2D eigenvalue weighted by Crippen LogP contribution is -2.12. The molecule has 3 aromatic rings. The van der Waals surface area contributed by atoms with Crippen LogP contribution in [0.5, 0.6) is 5.75 Å². The number of pyridine rings is 1. The summed E-state index contributed by atoms with van der Waals surface area (Å²) in [6, 6.07) is 13.4. The number of carboxylic acids is 1. The summed E-state index contributed by atoms with van der Waals surface area (Å²) in [5.41, 5.74) is 0.743. The lowest BCUT2D eigenvalue weighted by Gasteiger charge is -2.13. The maximum Gasteiger partial charge on any atom is 0.416 e. The van der Waals surface area contributed by atoms with Gasteiger partial charge in [-0.05, 0) is 41.5 Å². The zero-order valence-electron chi connectivity index (χ0n) is 15.3. The standard InChI is InChI=1S/C21H17F3N2O3/c1-29-18-8-6-13(10-16(18)20(27)28)14-7-9-19(25-11-14)26-12-15-4-2-3-5-17(15)21(22,23)24/h2-11H,12H2,1H3,(H,25,26)(H,27,28). The molecule has 0 saturated heterocycles. The first-order valence-electron chi connectivity index (χ1n) is 8.56. The lowest BCUT2D eigenvalue weighted by molar-refractivity contribution is -0.138. The van der Waals surface area contributed by atoms with E-state index in [0.717, 1.165) is 6.07 Å². The third kappa shape index (κ3) is 4.66. The molecule has 0 aliphatic heterocycles. The summed E-state index contributed by atoms with van der Waals surface area (Å²) in [4.78, 5) is 15.6. The summed E-state index contributed by atoms with van der Waals surface area (Å²) in [7, 11) is 1.39. The number of hydrogen-bond acceptors (Lipinski definition) is 4. The van der Waals surface area contributed by atoms with Gasteiger partial charge >= 0.3 is 12.1 Å². The average Bonchev–Trinajstić information content (AvgIpc) is 2.71. The minimum atomic E-state index is -4.42. The van der Waals surface area contributed by atoms with Crippen molar-refractivity contribution in [2.45, 2.75) is 12.7 Å². The van der Waals surface area contributed by atoms with E-state index in [1.54, 1.807) is 30.3 Å². The van der Waals surface area contributed by atoms with Crippen LogP contribution < -0.4 is 10.1 Å². The van der Waals surface area contributed by atoms with E-state index in [-0.39, 0.29) is 23.4 Å². The van der Waals surface area contributed by atoms with Crippen LogP contribution in [-0.2, 0) is 12.7 Å². The minimum Gasteiger partial charge on any atom is -0.496 e. The Morgan fingerprint density at radius 1 is 1.10 bits per heavy atom. The number of rotatable bonds is 6. The Morgan fingerprint density at radius 2 is 1.83 bits per heavy atom. The summed E-state index contributed by atoms with van der Waals surface area (Å²) in [6.07, 6.45) is -2.91. The van der Waals surface area contributed by atoms with Crippen molar-refractivity contribution in [3.8, 4) is 16.9 Å². The number of nitrogens with one attached hydrogen (secondary N) is 1. The second-order valence-electron chi connectivity index (χ2n) is 6.16. The van der Waals surface area contributed by atoms with E-state index in [1.807, 2.05) is 0 Å². The largest absolute Gasteiger partial charge is 0.496 e. The van der Waals surface area contributed by atoms with Crippen LogP contribution in [0.25, 0.3) is 11.1 Å². The van der Waals surface area contributed by atoms with E-state index in [0.29, 0.717) is 16.9 Å². The highest BCUT2D eigenvalue weighted by Crippen LogP contribution is 2.32. The molecule has 0 aliphatic rings. The Morgan fingerprint density at radius 3 is 2.45 bits per heavy atom. The molecule has 0 fully saturated rings. The normalized spacial score (nSPS) is 11.2. The molecule has 0 aliphatic carbocycles. The van der Waals surface area contributed by atoms with Gasteiger partial charge in [0.05, 0.1) is 12.7 Å². The fourth-order valence-corrected chi connectivity index (χ4v) is 2.86. The molecule has 5 nitrogen and oxygen atoms in total. The highest BCUT2D eigenvalue weighted by Gasteiger charge is 2.32. The highest BCUT2D eigenvalue weighted by molar-refractivity contribution is 5.92. The van der Waals surface area contributed by atoms with Crippen molar-refractivity contribution in [2.24, 2.45) is 0 Å². The Bertz CT molecular complexity index is 1020. The van der Waals surface area contributed by atoms with Crippen LogP contribution in [0.4, 0.5) is 19.0 Å². The van der Waals surface area contributed by atoms with Gasteiger partial charge in [-0.3, -0.25) is 0 Å². The molecule has 1 heterocycles. The topological polar surface area (TPSA) is 71.5 Å². The number of carboxylic acid groups (broad SMARTS) is 1. The molecule has 3 rings (SSSR count). The van der Waals surface area contributed by atoms with Gasteiger partial charge in [0.15, 0.2) is 0 Å². The second-order valence-corrected chi connectivity index (χ2v) is 6.16. The summed E-state index contributed by atoms with van der Waals surface area (Å²) < 4.78 is 44.2. The SMILES string of the molecule is COc1ccc(-c2ccc(NCc3ccccc3C(F)(F)F)nc2)cc1C(=O)O. The Balaban J connectivity index is 1.77. The maximum atomic E-state index is 13.1. The predicted octanol–water partition coefficient (Wildman–Crippen LogP) is 5.09. The van der Waals surface area contributed by atoms with Crippen molar-refractivity contribution in [2.75, 3.05) is 12.4 Å². The number of aromatic nitrogens is 1. The molecule has 29 heavy (non-hydrogen) atoms. The highest BCUT2D eigenvalue weighted by atomic mass is 19.4. The summed E-state index contributed by atoms with van der Waals surface area (Å²) in [5.74, 6) is -0.466. The molecule has 0 amide bonds. The molecule has 8 heteroatoms. The number of hydrogen-bond donors (Lipinski definition) is 2. The van der Waals surface area contributed by atoms with E-state index < -0.39 is 17.7 Å². The third-order valence-corrected chi connectivity index (χ3v) is 4.31. The first kappa shape index (κ1) is 20.2. The number of carbonyl (C=O) groups is 1. The Labute approximate surface area is 164 Å². The summed E-state index contributed by atoms with van der Waals surface area (Å²) >= 11 is 0. The van der Waals surface area contributed by atoms with Crippen molar-refractivity contribution in [3.63, 3.8) is 0 Å². The Kier molecular flexibility index (Phi) is 5.72. The van der Waals surface area contributed by atoms with Crippen molar-refractivity contribution >= 4 is 11.8 Å². The van der Waals surface area contributed by atoms with Crippen LogP contribution in [-0.4, -0.2) is 23.2 Å². The fourth-order valence-electron chi connectivity index (χ4n) is 2.86. The molecular weight excluding hydrogens is 385 g/mol. The smallest absolute Gasteiger partial charge is 0.416 e. The van der Waals surface area contributed by atoms with Gasteiger partial charge in [-0.25, -0.2) is 9.78 Å². The van der Waals surface area contributed by atoms with Crippen molar-refractivity contribution in [1.82, 2.24) is 4.98 Å². The molecule has 0 unspecified atom stereocenters. The maximum absolute atomic E-state index is 13.1. The predicted molar refractivity (Wildman–Crippen MR) is 102 cm³/mol. The van der Waals surface area contributed by atoms with E-state index in [2.05, 4.69) is 10.3 Å². The number of ether oxygens (including phenoxy) is 1. The van der Waals surface area contributed by atoms with Gasteiger partial charge in [-0.15, -0.1) is 0 Å². The molecule has 0 radical (unpaired) electrons. The molecule has 0 spiro atoms. The summed E-state index contributed by atoms with van der Waals surface area (Å²) in [5, 5.41) is 12.2. The van der Waals surface area contributed by atoms with Crippen molar-refractivity contribution in [1.29, 1.82) is 0 Å². The van der Waals surface area contributed by atoms with Crippen LogP contribution in [0, 0.1) is 0 Å². The average molecular weight is 402 g/mol. The monoisotopic (exact) mass is 402 g/mol.